The SMILES string of the molecule is Cc1cc(C#N)ccc1COCC(F)F. The lowest BCUT2D eigenvalue weighted by molar-refractivity contribution is 0.00972. The molecule has 4 heteroatoms. The maximum absolute atomic E-state index is 11.8. The van der Waals surface area contributed by atoms with E-state index in [-0.39, 0.29) is 6.61 Å². The Morgan fingerprint density at radius 1 is 1.47 bits per heavy atom. The van der Waals surface area contributed by atoms with Crippen LogP contribution < -0.4 is 0 Å². The average Bonchev–Trinajstić information content (AvgIpc) is 2.20. The van der Waals surface area contributed by atoms with Gasteiger partial charge in [0.2, 0.25) is 0 Å². The largest absolute Gasteiger partial charge is 0.371 e. The van der Waals surface area contributed by atoms with Crippen LogP contribution >= 0.6 is 0 Å². The standard InChI is InChI=1S/C11H11F2NO/c1-8-4-9(5-14)2-3-10(8)6-15-7-11(12)13/h2-4,11H,6-7H2,1H3. The number of ether oxygens (including phenoxy) is 1. The molecule has 2 nitrogen and oxygen atoms in total. The summed E-state index contributed by atoms with van der Waals surface area (Å²) in [6, 6.07) is 7.09. The molecule has 0 bridgehead atoms. The number of nitrogens with zero attached hydrogens (tertiary/aromatic N) is 1. The summed E-state index contributed by atoms with van der Waals surface area (Å²) in [6.07, 6.45) is -2.44. The molecule has 0 atom stereocenters. The predicted molar refractivity (Wildman–Crippen MR) is 51.6 cm³/mol. The Balaban J connectivity index is 2.59. The molecule has 0 saturated carbocycles. The molecule has 0 radical (unpaired) electrons. The van der Waals surface area contributed by atoms with Crippen LogP contribution in [-0.4, -0.2) is 13.0 Å². The molecule has 0 aromatic heterocycles. The first-order valence-electron chi connectivity index (χ1n) is 4.49. The molecule has 0 N–H and O–H groups in total. The first-order chi connectivity index (χ1) is 7.13. The van der Waals surface area contributed by atoms with Gasteiger partial charge in [-0.25, -0.2) is 8.78 Å². The van der Waals surface area contributed by atoms with Crippen molar-refractivity contribution in [3.63, 3.8) is 0 Å². The molecule has 1 rings (SSSR count). The fraction of sp³-hybridized carbons (Fsp3) is 0.364. The lowest BCUT2D eigenvalue weighted by Crippen LogP contribution is -2.05. The smallest absolute Gasteiger partial charge is 0.261 e. The van der Waals surface area contributed by atoms with Crippen LogP contribution in [0.2, 0.25) is 0 Å². The second-order valence-corrected chi connectivity index (χ2v) is 3.16. The topological polar surface area (TPSA) is 33.0 Å². The zero-order chi connectivity index (χ0) is 11.3. The van der Waals surface area contributed by atoms with E-state index in [0.29, 0.717) is 5.56 Å². The van der Waals surface area contributed by atoms with Crippen molar-refractivity contribution in [2.24, 2.45) is 0 Å². The summed E-state index contributed by atoms with van der Waals surface area (Å²) in [4.78, 5) is 0. The van der Waals surface area contributed by atoms with Gasteiger partial charge in [0, 0.05) is 0 Å². The molecule has 0 aliphatic heterocycles. The third-order valence-corrected chi connectivity index (χ3v) is 1.97. The van der Waals surface area contributed by atoms with Crippen LogP contribution in [0.5, 0.6) is 0 Å². The molecule has 0 spiro atoms. The molecule has 0 aliphatic rings. The summed E-state index contributed by atoms with van der Waals surface area (Å²) >= 11 is 0. The fourth-order valence-corrected chi connectivity index (χ4v) is 1.19. The van der Waals surface area contributed by atoms with Crippen molar-refractivity contribution in [1.82, 2.24) is 0 Å². The van der Waals surface area contributed by atoms with Gasteiger partial charge in [-0.2, -0.15) is 5.26 Å². The highest BCUT2D eigenvalue weighted by molar-refractivity contribution is 5.37. The van der Waals surface area contributed by atoms with Gasteiger partial charge in [-0.3, -0.25) is 0 Å². The number of benzene rings is 1. The molecule has 80 valence electrons. The third-order valence-electron chi connectivity index (χ3n) is 1.97. The first-order valence-corrected chi connectivity index (χ1v) is 4.49. The highest BCUT2D eigenvalue weighted by Gasteiger charge is 2.04. The van der Waals surface area contributed by atoms with Crippen molar-refractivity contribution in [2.45, 2.75) is 20.0 Å². The number of rotatable bonds is 4. The van der Waals surface area contributed by atoms with Crippen molar-refractivity contribution in [2.75, 3.05) is 6.61 Å². The van der Waals surface area contributed by atoms with Gasteiger partial charge >= 0.3 is 0 Å². The van der Waals surface area contributed by atoms with Crippen molar-refractivity contribution >= 4 is 0 Å². The number of alkyl halides is 2. The number of hydrogen-bond donors (Lipinski definition) is 0. The van der Waals surface area contributed by atoms with Crippen LogP contribution in [0.4, 0.5) is 8.78 Å². The number of halogens is 2. The van der Waals surface area contributed by atoms with Gasteiger partial charge < -0.3 is 4.74 Å². The quantitative estimate of drug-likeness (QED) is 0.767. The minimum atomic E-state index is -2.44. The van der Waals surface area contributed by atoms with Gasteiger partial charge in [0.15, 0.2) is 0 Å². The molecule has 0 saturated heterocycles. The van der Waals surface area contributed by atoms with E-state index in [9.17, 15) is 8.78 Å². The summed E-state index contributed by atoms with van der Waals surface area (Å²) in [7, 11) is 0. The Bertz CT molecular complexity index is 371. The molecule has 15 heavy (non-hydrogen) atoms. The van der Waals surface area contributed by atoms with E-state index in [2.05, 4.69) is 0 Å². The van der Waals surface area contributed by atoms with Crippen molar-refractivity contribution in [1.29, 1.82) is 5.26 Å². The van der Waals surface area contributed by atoms with Crippen molar-refractivity contribution < 1.29 is 13.5 Å². The maximum atomic E-state index is 11.8. The van der Waals surface area contributed by atoms with Gasteiger partial charge in [0.25, 0.3) is 6.43 Å². The first kappa shape index (κ1) is 11.6. The predicted octanol–water partition coefficient (Wildman–Crippen LogP) is 2.65. The van der Waals surface area contributed by atoms with E-state index in [1.165, 1.54) is 0 Å². The van der Waals surface area contributed by atoms with E-state index in [1.54, 1.807) is 18.2 Å². The summed E-state index contributed by atoms with van der Waals surface area (Å²) < 4.78 is 28.4. The fourth-order valence-electron chi connectivity index (χ4n) is 1.19. The minimum Gasteiger partial charge on any atom is -0.371 e. The molecule has 0 heterocycles. The van der Waals surface area contributed by atoms with Crippen LogP contribution in [0, 0.1) is 18.3 Å². The monoisotopic (exact) mass is 211 g/mol. The van der Waals surface area contributed by atoms with Gasteiger partial charge in [-0.1, -0.05) is 6.07 Å². The van der Waals surface area contributed by atoms with Crippen LogP contribution in [0.15, 0.2) is 18.2 Å². The van der Waals surface area contributed by atoms with Crippen molar-refractivity contribution in [3.8, 4) is 6.07 Å². The molecule has 0 amide bonds. The van der Waals surface area contributed by atoms with Gasteiger partial charge in [0.05, 0.1) is 18.2 Å². The Kier molecular flexibility index (Phi) is 4.19. The Hall–Kier alpha value is -1.47. The third kappa shape index (κ3) is 3.64. The summed E-state index contributed by atoms with van der Waals surface area (Å²) in [6.45, 7) is 1.42. The normalized spacial score (nSPS) is 10.3. The second kappa shape index (κ2) is 5.42. The summed E-state index contributed by atoms with van der Waals surface area (Å²) in [5.74, 6) is 0. The second-order valence-electron chi connectivity index (χ2n) is 3.16. The molecular formula is C11H11F2NO. The average molecular weight is 211 g/mol. The van der Waals surface area contributed by atoms with Gasteiger partial charge in [0.1, 0.15) is 6.61 Å². The van der Waals surface area contributed by atoms with E-state index >= 15 is 0 Å². The minimum absolute atomic E-state index is 0.155. The highest BCUT2D eigenvalue weighted by Crippen LogP contribution is 2.12. The molecule has 0 aliphatic carbocycles. The Labute approximate surface area is 87.1 Å². The molecule has 0 fully saturated rings. The lowest BCUT2D eigenvalue weighted by Gasteiger charge is -2.06. The van der Waals surface area contributed by atoms with Gasteiger partial charge in [-0.15, -0.1) is 0 Å². The number of aryl methyl sites for hydroxylation is 1. The molecular weight excluding hydrogens is 200 g/mol. The van der Waals surface area contributed by atoms with E-state index in [1.807, 2.05) is 13.0 Å². The van der Waals surface area contributed by atoms with E-state index < -0.39 is 13.0 Å². The number of hydrogen-bond acceptors (Lipinski definition) is 2. The maximum Gasteiger partial charge on any atom is 0.261 e. The molecule has 0 unspecified atom stereocenters. The summed E-state index contributed by atoms with van der Waals surface area (Å²) in [5, 5.41) is 8.62. The van der Waals surface area contributed by atoms with E-state index in [4.69, 9.17) is 10.00 Å². The van der Waals surface area contributed by atoms with Crippen molar-refractivity contribution in [3.05, 3.63) is 34.9 Å². The van der Waals surface area contributed by atoms with Crippen LogP contribution in [0.25, 0.3) is 0 Å². The Morgan fingerprint density at radius 3 is 2.73 bits per heavy atom. The molecule has 1 aromatic rings. The van der Waals surface area contributed by atoms with E-state index in [0.717, 1.165) is 11.1 Å². The van der Waals surface area contributed by atoms with Crippen LogP contribution in [0.1, 0.15) is 16.7 Å². The lowest BCUT2D eigenvalue weighted by atomic mass is 10.1. The Morgan fingerprint density at radius 2 is 2.20 bits per heavy atom. The molecule has 1 aromatic carbocycles. The zero-order valence-electron chi connectivity index (χ0n) is 8.34. The zero-order valence-corrected chi connectivity index (χ0v) is 8.34. The van der Waals surface area contributed by atoms with Gasteiger partial charge in [-0.05, 0) is 30.2 Å². The van der Waals surface area contributed by atoms with Crippen LogP contribution in [-0.2, 0) is 11.3 Å². The highest BCUT2D eigenvalue weighted by atomic mass is 19.3. The van der Waals surface area contributed by atoms with Crippen LogP contribution in [0.3, 0.4) is 0 Å². The summed E-state index contributed by atoms with van der Waals surface area (Å²) in [5.41, 5.74) is 2.27. The number of nitriles is 1.